The van der Waals surface area contributed by atoms with Gasteiger partial charge in [0.1, 0.15) is 5.82 Å². The van der Waals surface area contributed by atoms with Crippen LogP contribution in [0.3, 0.4) is 0 Å². The highest BCUT2D eigenvalue weighted by Gasteiger charge is 2.08. The minimum Gasteiger partial charge on any atom is -0.382 e. The van der Waals surface area contributed by atoms with Crippen molar-refractivity contribution in [2.45, 2.75) is 32.2 Å². The zero-order valence-corrected chi connectivity index (χ0v) is 10.8. The Hall–Kier alpha value is -0.640. The molecule has 1 unspecified atom stereocenters. The molecule has 0 aliphatic heterocycles. The fraction of sp³-hybridized carbons (Fsp3) is 0.538. The molecule has 1 rings (SSSR count). The summed E-state index contributed by atoms with van der Waals surface area (Å²) in [5, 5.41) is 0.449. The third-order valence-electron chi connectivity index (χ3n) is 2.56. The predicted octanol–water partition coefficient (Wildman–Crippen LogP) is 3.17. The van der Waals surface area contributed by atoms with E-state index in [-0.39, 0.29) is 11.9 Å². The Morgan fingerprint density at radius 3 is 2.88 bits per heavy atom. The SMILES string of the molecule is CCOCCCC(N)Cc1ccc(F)cc1Cl. The number of benzene rings is 1. The standard InChI is InChI=1S/C13H19ClFNO/c1-2-17-7-3-4-12(16)8-10-5-6-11(15)9-13(10)14/h5-6,9,12H,2-4,7-8,16H2,1H3. The number of rotatable bonds is 7. The molecule has 2 N–H and O–H groups in total. The van der Waals surface area contributed by atoms with Gasteiger partial charge in [0.15, 0.2) is 0 Å². The fourth-order valence-corrected chi connectivity index (χ4v) is 1.91. The van der Waals surface area contributed by atoms with E-state index in [1.54, 1.807) is 6.07 Å². The summed E-state index contributed by atoms with van der Waals surface area (Å²) < 4.78 is 18.1. The first-order valence-corrected chi connectivity index (χ1v) is 6.28. The van der Waals surface area contributed by atoms with Gasteiger partial charge in [-0.3, -0.25) is 0 Å². The van der Waals surface area contributed by atoms with E-state index in [9.17, 15) is 4.39 Å². The Morgan fingerprint density at radius 1 is 1.47 bits per heavy atom. The first-order valence-electron chi connectivity index (χ1n) is 5.90. The average molecular weight is 260 g/mol. The van der Waals surface area contributed by atoms with Crippen LogP contribution >= 0.6 is 11.6 Å². The van der Waals surface area contributed by atoms with Crippen LogP contribution in [0.25, 0.3) is 0 Å². The summed E-state index contributed by atoms with van der Waals surface area (Å²) >= 11 is 5.94. The molecule has 2 nitrogen and oxygen atoms in total. The highest BCUT2D eigenvalue weighted by atomic mass is 35.5. The van der Waals surface area contributed by atoms with Crippen LogP contribution in [-0.4, -0.2) is 19.3 Å². The number of ether oxygens (including phenoxy) is 1. The van der Waals surface area contributed by atoms with E-state index in [2.05, 4.69) is 0 Å². The van der Waals surface area contributed by atoms with Crippen LogP contribution in [0.1, 0.15) is 25.3 Å². The molecule has 0 spiro atoms. The van der Waals surface area contributed by atoms with E-state index in [1.807, 2.05) is 6.92 Å². The molecule has 0 heterocycles. The van der Waals surface area contributed by atoms with Gasteiger partial charge in [-0.25, -0.2) is 4.39 Å². The highest BCUT2D eigenvalue weighted by molar-refractivity contribution is 6.31. The van der Waals surface area contributed by atoms with Gasteiger partial charge in [-0.1, -0.05) is 17.7 Å². The van der Waals surface area contributed by atoms with Crippen molar-refractivity contribution < 1.29 is 9.13 Å². The third-order valence-corrected chi connectivity index (χ3v) is 2.92. The summed E-state index contributed by atoms with van der Waals surface area (Å²) in [5.41, 5.74) is 6.89. The Kier molecular flexibility index (Phi) is 6.48. The van der Waals surface area contributed by atoms with Crippen LogP contribution in [0, 0.1) is 5.82 Å². The molecule has 17 heavy (non-hydrogen) atoms. The number of hydrogen-bond donors (Lipinski definition) is 1. The predicted molar refractivity (Wildman–Crippen MR) is 68.8 cm³/mol. The summed E-state index contributed by atoms with van der Waals surface area (Å²) in [6.07, 6.45) is 2.49. The van der Waals surface area contributed by atoms with Gasteiger partial charge in [0.2, 0.25) is 0 Å². The van der Waals surface area contributed by atoms with Crippen molar-refractivity contribution in [1.29, 1.82) is 0 Å². The molecule has 0 saturated carbocycles. The zero-order chi connectivity index (χ0) is 12.7. The maximum absolute atomic E-state index is 12.8. The molecule has 0 fully saturated rings. The van der Waals surface area contributed by atoms with Gasteiger partial charge in [0.25, 0.3) is 0 Å². The van der Waals surface area contributed by atoms with Crippen molar-refractivity contribution in [3.63, 3.8) is 0 Å². The molecule has 96 valence electrons. The van der Waals surface area contributed by atoms with Crippen molar-refractivity contribution in [1.82, 2.24) is 0 Å². The number of nitrogens with two attached hydrogens (primary N) is 1. The first kappa shape index (κ1) is 14.4. The van der Waals surface area contributed by atoms with Crippen LogP contribution in [0.4, 0.5) is 4.39 Å². The van der Waals surface area contributed by atoms with Crippen molar-refractivity contribution in [3.8, 4) is 0 Å². The van der Waals surface area contributed by atoms with Gasteiger partial charge in [-0.05, 0) is 43.9 Å². The van der Waals surface area contributed by atoms with Gasteiger partial charge < -0.3 is 10.5 Å². The smallest absolute Gasteiger partial charge is 0.124 e. The molecule has 0 aliphatic carbocycles. The van der Waals surface area contributed by atoms with E-state index < -0.39 is 0 Å². The topological polar surface area (TPSA) is 35.2 Å². The summed E-state index contributed by atoms with van der Waals surface area (Å²) in [6.45, 7) is 3.44. The molecule has 0 aliphatic rings. The summed E-state index contributed by atoms with van der Waals surface area (Å²) in [4.78, 5) is 0. The molecule has 1 aromatic rings. The number of halogens is 2. The molecule has 1 atom stereocenters. The molecule has 0 bridgehead atoms. The Morgan fingerprint density at radius 2 is 2.24 bits per heavy atom. The second-order valence-corrected chi connectivity index (χ2v) is 4.45. The fourth-order valence-electron chi connectivity index (χ4n) is 1.66. The Labute approximate surface area is 107 Å². The monoisotopic (exact) mass is 259 g/mol. The van der Waals surface area contributed by atoms with Crippen LogP contribution in [0.5, 0.6) is 0 Å². The van der Waals surface area contributed by atoms with Crippen LogP contribution in [0.15, 0.2) is 18.2 Å². The maximum atomic E-state index is 12.8. The van der Waals surface area contributed by atoms with Gasteiger partial charge in [-0.2, -0.15) is 0 Å². The van der Waals surface area contributed by atoms with Gasteiger partial charge in [0, 0.05) is 24.3 Å². The average Bonchev–Trinajstić information content (AvgIpc) is 2.28. The highest BCUT2D eigenvalue weighted by Crippen LogP contribution is 2.19. The van der Waals surface area contributed by atoms with Crippen molar-refractivity contribution in [2.24, 2.45) is 5.73 Å². The van der Waals surface area contributed by atoms with Gasteiger partial charge >= 0.3 is 0 Å². The molecule has 1 aromatic carbocycles. The second kappa shape index (κ2) is 7.64. The van der Waals surface area contributed by atoms with E-state index in [0.717, 1.165) is 31.6 Å². The molecular formula is C13H19ClFNO. The van der Waals surface area contributed by atoms with Gasteiger partial charge in [0.05, 0.1) is 0 Å². The molecule has 0 amide bonds. The molecular weight excluding hydrogens is 241 g/mol. The van der Waals surface area contributed by atoms with Crippen LogP contribution in [-0.2, 0) is 11.2 Å². The second-order valence-electron chi connectivity index (χ2n) is 4.04. The van der Waals surface area contributed by atoms with E-state index in [4.69, 9.17) is 22.1 Å². The van der Waals surface area contributed by atoms with Crippen LogP contribution in [0.2, 0.25) is 5.02 Å². The largest absolute Gasteiger partial charge is 0.382 e. The quantitative estimate of drug-likeness (QED) is 0.764. The van der Waals surface area contributed by atoms with Crippen molar-refractivity contribution in [2.75, 3.05) is 13.2 Å². The summed E-state index contributed by atoms with van der Waals surface area (Å²) in [7, 11) is 0. The molecule has 0 saturated heterocycles. The maximum Gasteiger partial charge on any atom is 0.124 e. The minimum absolute atomic E-state index is 0.0402. The van der Waals surface area contributed by atoms with Gasteiger partial charge in [-0.15, -0.1) is 0 Å². The summed E-state index contributed by atoms with van der Waals surface area (Å²) in [6, 6.07) is 4.47. The van der Waals surface area contributed by atoms with E-state index in [1.165, 1.54) is 12.1 Å². The summed E-state index contributed by atoms with van der Waals surface area (Å²) in [5.74, 6) is -0.316. The lowest BCUT2D eigenvalue weighted by atomic mass is 10.0. The minimum atomic E-state index is -0.316. The third kappa shape index (κ3) is 5.48. The normalized spacial score (nSPS) is 12.7. The van der Waals surface area contributed by atoms with Crippen molar-refractivity contribution >= 4 is 11.6 Å². The van der Waals surface area contributed by atoms with E-state index in [0.29, 0.717) is 11.4 Å². The van der Waals surface area contributed by atoms with E-state index >= 15 is 0 Å². The molecule has 0 aromatic heterocycles. The molecule has 4 heteroatoms. The van der Waals surface area contributed by atoms with Crippen molar-refractivity contribution in [3.05, 3.63) is 34.6 Å². The Balaban J connectivity index is 2.37. The first-order chi connectivity index (χ1) is 8.13. The Bertz CT molecular complexity index is 346. The number of hydrogen-bond acceptors (Lipinski definition) is 2. The van der Waals surface area contributed by atoms with Crippen LogP contribution < -0.4 is 5.73 Å². The lowest BCUT2D eigenvalue weighted by Crippen LogP contribution is -2.23. The lowest BCUT2D eigenvalue weighted by Gasteiger charge is -2.12. The lowest BCUT2D eigenvalue weighted by molar-refractivity contribution is 0.142. The molecule has 0 radical (unpaired) electrons. The zero-order valence-electron chi connectivity index (χ0n) is 10.1.